The predicted molar refractivity (Wildman–Crippen MR) is 73.0 cm³/mol. The van der Waals surface area contributed by atoms with Crippen LogP contribution in [0.25, 0.3) is 0 Å². The molecule has 8 heteroatoms. The Morgan fingerprint density at radius 3 is 2.90 bits per heavy atom. The largest absolute Gasteiger partial charge is 0.333 e. The summed E-state index contributed by atoms with van der Waals surface area (Å²) in [5.74, 6) is -0.780. The van der Waals surface area contributed by atoms with Crippen LogP contribution in [0.5, 0.6) is 0 Å². The van der Waals surface area contributed by atoms with E-state index in [2.05, 4.69) is 26.2 Å². The molecule has 0 unspecified atom stereocenters. The number of hydrogen-bond acceptors (Lipinski definition) is 5. The topological polar surface area (TPSA) is 91.8 Å². The molecule has 0 saturated heterocycles. The third-order valence-electron chi connectivity index (χ3n) is 2.41. The minimum atomic E-state index is -0.711. The van der Waals surface area contributed by atoms with Gasteiger partial charge in [-0.3, -0.25) is 10.1 Å². The van der Waals surface area contributed by atoms with Gasteiger partial charge >= 0.3 is 5.69 Å². The number of nitriles is 1. The van der Waals surface area contributed by atoms with Crippen LogP contribution in [-0.4, -0.2) is 9.91 Å². The molecule has 1 N–H and O–H groups in total. The fourth-order valence-corrected chi connectivity index (χ4v) is 1.85. The molecule has 0 spiro atoms. The molecule has 0 fully saturated rings. The summed E-state index contributed by atoms with van der Waals surface area (Å²) in [7, 11) is 0. The molecule has 0 bridgehead atoms. The highest BCUT2D eigenvalue weighted by atomic mass is 79.9. The smallest absolute Gasteiger partial charge is 0.312 e. The lowest BCUT2D eigenvalue weighted by atomic mass is 10.2. The molecule has 0 aliphatic carbocycles. The van der Waals surface area contributed by atoms with Gasteiger partial charge in [0.05, 0.1) is 10.6 Å². The van der Waals surface area contributed by atoms with E-state index in [-0.39, 0.29) is 22.8 Å². The van der Waals surface area contributed by atoms with E-state index in [1.807, 2.05) is 0 Å². The molecule has 0 amide bonds. The summed E-state index contributed by atoms with van der Waals surface area (Å²) in [6, 6.07) is 6.93. The van der Waals surface area contributed by atoms with Crippen LogP contribution in [-0.2, 0) is 0 Å². The summed E-state index contributed by atoms with van der Waals surface area (Å²) < 4.78 is 13.9. The van der Waals surface area contributed by atoms with Crippen molar-refractivity contribution in [3.05, 3.63) is 56.4 Å². The van der Waals surface area contributed by atoms with E-state index in [0.717, 1.165) is 6.07 Å². The molecule has 0 atom stereocenters. The van der Waals surface area contributed by atoms with Crippen LogP contribution in [0.3, 0.4) is 0 Å². The lowest BCUT2D eigenvalue weighted by Gasteiger charge is -2.08. The van der Waals surface area contributed by atoms with Crippen molar-refractivity contribution in [3.63, 3.8) is 0 Å². The fraction of sp³-hybridized carbons (Fsp3) is 0. The second-order valence-corrected chi connectivity index (χ2v) is 4.59. The highest BCUT2D eigenvalue weighted by Gasteiger charge is 2.18. The average Bonchev–Trinajstić information content (AvgIpc) is 2.41. The van der Waals surface area contributed by atoms with Crippen LogP contribution >= 0.6 is 15.9 Å². The first kappa shape index (κ1) is 13.9. The Kier molecular flexibility index (Phi) is 3.91. The van der Waals surface area contributed by atoms with E-state index in [9.17, 15) is 14.5 Å². The first-order chi connectivity index (χ1) is 9.52. The van der Waals surface area contributed by atoms with Gasteiger partial charge in [0.1, 0.15) is 17.4 Å². The van der Waals surface area contributed by atoms with Gasteiger partial charge in [-0.05, 0) is 28.1 Å². The number of anilines is 2. The molecule has 2 rings (SSSR count). The number of nitro groups is 1. The summed E-state index contributed by atoms with van der Waals surface area (Å²) in [5, 5.41) is 22.5. The highest BCUT2D eigenvalue weighted by Crippen LogP contribution is 2.29. The van der Waals surface area contributed by atoms with Gasteiger partial charge in [0.15, 0.2) is 0 Å². The zero-order valence-electron chi connectivity index (χ0n) is 9.80. The first-order valence-corrected chi connectivity index (χ1v) is 6.08. The van der Waals surface area contributed by atoms with Gasteiger partial charge in [-0.1, -0.05) is 6.07 Å². The van der Waals surface area contributed by atoms with Crippen molar-refractivity contribution in [1.29, 1.82) is 5.26 Å². The van der Waals surface area contributed by atoms with Gasteiger partial charge in [-0.25, -0.2) is 9.37 Å². The number of hydrogen-bond donors (Lipinski definition) is 1. The monoisotopic (exact) mass is 336 g/mol. The molecular formula is C12H6BrFN4O2. The van der Waals surface area contributed by atoms with Crippen LogP contribution in [0.15, 0.2) is 34.9 Å². The number of nitrogens with zero attached hydrogens (tertiary/aromatic N) is 3. The minimum Gasteiger partial charge on any atom is -0.333 e. The van der Waals surface area contributed by atoms with Gasteiger partial charge in [0, 0.05) is 16.7 Å². The Balaban J connectivity index is 2.49. The Labute approximate surface area is 121 Å². The summed E-state index contributed by atoms with van der Waals surface area (Å²) in [4.78, 5) is 14.2. The van der Waals surface area contributed by atoms with E-state index in [4.69, 9.17) is 5.26 Å². The summed E-state index contributed by atoms with van der Waals surface area (Å²) in [6.45, 7) is 0. The lowest BCUT2D eigenvalue weighted by molar-refractivity contribution is -0.384. The molecular weight excluding hydrogens is 331 g/mol. The molecule has 6 nitrogen and oxygen atoms in total. The highest BCUT2D eigenvalue weighted by molar-refractivity contribution is 9.10. The van der Waals surface area contributed by atoms with Crippen molar-refractivity contribution < 1.29 is 9.31 Å². The number of nitrogens with one attached hydrogen (secondary N) is 1. The van der Waals surface area contributed by atoms with Gasteiger partial charge in [0.2, 0.25) is 5.82 Å². The van der Waals surface area contributed by atoms with Crippen molar-refractivity contribution in [2.24, 2.45) is 0 Å². The van der Waals surface area contributed by atoms with E-state index < -0.39 is 10.7 Å². The number of benzene rings is 1. The van der Waals surface area contributed by atoms with Crippen molar-refractivity contribution in [1.82, 2.24) is 4.98 Å². The lowest BCUT2D eigenvalue weighted by Crippen LogP contribution is -2.02. The number of halogens is 2. The van der Waals surface area contributed by atoms with E-state index in [1.165, 1.54) is 24.4 Å². The maximum Gasteiger partial charge on any atom is 0.312 e. The Bertz CT molecular complexity index is 730. The Hall–Kier alpha value is -2.53. The molecule has 1 heterocycles. The van der Waals surface area contributed by atoms with Crippen LogP contribution in [0.4, 0.5) is 21.6 Å². The molecule has 0 radical (unpaired) electrons. The van der Waals surface area contributed by atoms with E-state index in [1.54, 1.807) is 6.07 Å². The quantitative estimate of drug-likeness (QED) is 0.683. The van der Waals surface area contributed by atoms with Crippen LogP contribution in [0, 0.1) is 27.3 Å². The number of aromatic nitrogens is 1. The molecule has 0 aliphatic heterocycles. The summed E-state index contributed by atoms with van der Waals surface area (Å²) in [6.07, 6.45) is 1.36. The number of pyridine rings is 1. The van der Waals surface area contributed by atoms with Crippen molar-refractivity contribution in [2.75, 3.05) is 5.32 Å². The maximum absolute atomic E-state index is 13.5. The molecule has 0 aliphatic rings. The Morgan fingerprint density at radius 2 is 2.25 bits per heavy atom. The molecule has 20 heavy (non-hydrogen) atoms. The SMILES string of the molecule is N#Cc1c(F)cccc1Nc1ncc(Br)cc1[N+](=O)[O-]. The molecule has 2 aromatic rings. The minimum absolute atomic E-state index is 0.0692. The fourth-order valence-electron chi connectivity index (χ4n) is 1.53. The van der Waals surface area contributed by atoms with Crippen LogP contribution in [0.2, 0.25) is 0 Å². The van der Waals surface area contributed by atoms with Gasteiger partial charge in [-0.15, -0.1) is 0 Å². The average molecular weight is 337 g/mol. The predicted octanol–water partition coefficient (Wildman–Crippen LogP) is 3.51. The molecule has 1 aromatic carbocycles. The first-order valence-electron chi connectivity index (χ1n) is 5.28. The normalized spacial score (nSPS) is 9.85. The summed E-state index contributed by atoms with van der Waals surface area (Å²) in [5.41, 5.74) is -0.399. The molecule has 0 saturated carbocycles. The zero-order valence-corrected chi connectivity index (χ0v) is 11.4. The number of rotatable bonds is 3. The third-order valence-corrected chi connectivity index (χ3v) is 2.84. The van der Waals surface area contributed by atoms with Crippen LogP contribution < -0.4 is 5.32 Å². The zero-order chi connectivity index (χ0) is 14.7. The van der Waals surface area contributed by atoms with Gasteiger partial charge in [0.25, 0.3) is 0 Å². The Morgan fingerprint density at radius 1 is 1.50 bits per heavy atom. The van der Waals surface area contributed by atoms with Crippen LogP contribution in [0.1, 0.15) is 5.56 Å². The van der Waals surface area contributed by atoms with Gasteiger partial charge < -0.3 is 5.32 Å². The van der Waals surface area contributed by atoms with Gasteiger partial charge in [-0.2, -0.15) is 5.26 Å². The second-order valence-electron chi connectivity index (χ2n) is 3.68. The second kappa shape index (κ2) is 5.63. The van der Waals surface area contributed by atoms with E-state index >= 15 is 0 Å². The summed E-state index contributed by atoms with van der Waals surface area (Å²) >= 11 is 3.08. The third kappa shape index (κ3) is 2.73. The van der Waals surface area contributed by atoms with Crippen molar-refractivity contribution in [2.45, 2.75) is 0 Å². The van der Waals surface area contributed by atoms with Crippen molar-refractivity contribution >= 4 is 33.1 Å². The molecule has 1 aromatic heterocycles. The molecule has 100 valence electrons. The maximum atomic E-state index is 13.5. The standard InChI is InChI=1S/C12H6BrFN4O2/c13-7-4-11(18(19)20)12(16-6-7)17-10-3-1-2-9(14)8(10)5-15/h1-4,6H,(H,16,17). The van der Waals surface area contributed by atoms with Crippen molar-refractivity contribution in [3.8, 4) is 6.07 Å². The van der Waals surface area contributed by atoms with E-state index in [0.29, 0.717) is 4.47 Å².